The molecule has 1 aliphatic rings. The Labute approximate surface area is 217 Å². The number of nitrogens with zero attached hydrogens (tertiary/aromatic N) is 5. The van der Waals surface area contributed by atoms with Crippen LogP contribution in [0.5, 0.6) is 0 Å². The molecule has 4 aromatic rings. The average Bonchev–Trinajstić information content (AvgIpc) is 3.29. The highest BCUT2D eigenvalue weighted by molar-refractivity contribution is 7.99. The van der Waals surface area contributed by atoms with Crippen molar-refractivity contribution < 1.29 is 4.79 Å². The smallest absolute Gasteiger partial charge is 0.233 e. The molecule has 1 saturated heterocycles. The Morgan fingerprint density at radius 3 is 2.00 bits per heavy atom. The molecule has 0 unspecified atom stereocenters. The fourth-order valence-electron chi connectivity index (χ4n) is 4.73. The molecule has 0 N–H and O–H groups in total. The van der Waals surface area contributed by atoms with Gasteiger partial charge in [-0.2, -0.15) is 0 Å². The van der Waals surface area contributed by atoms with Gasteiger partial charge in [0, 0.05) is 38.8 Å². The van der Waals surface area contributed by atoms with E-state index in [4.69, 9.17) is 0 Å². The summed E-state index contributed by atoms with van der Waals surface area (Å²) in [6.45, 7) is 5.20. The number of amides is 1. The second-order valence-corrected chi connectivity index (χ2v) is 10.1. The van der Waals surface area contributed by atoms with Gasteiger partial charge in [0.05, 0.1) is 11.8 Å². The second kappa shape index (κ2) is 11.1. The maximum atomic E-state index is 13.0. The molecule has 7 heteroatoms. The van der Waals surface area contributed by atoms with Crippen molar-refractivity contribution in [3.63, 3.8) is 0 Å². The van der Waals surface area contributed by atoms with Crippen molar-refractivity contribution in [2.75, 3.05) is 31.9 Å². The molecule has 3 aromatic carbocycles. The molecule has 184 valence electrons. The molecule has 36 heavy (non-hydrogen) atoms. The van der Waals surface area contributed by atoms with E-state index in [0.29, 0.717) is 5.75 Å². The lowest BCUT2D eigenvalue weighted by molar-refractivity contribution is -0.130. The van der Waals surface area contributed by atoms with Crippen LogP contribution in [0.1, 0.15) is 22.7 Å². The fraction of sp³-hybridized carbons (Fsp3) is 0.276. The van der Waals surface area contributed by atoms with Crippen LogP contribution in [0.4, 0.5) is 0 Å². The average molecular weight is 498 g/mol. The van der Waals surface area contributed by atoms with Crippen LogP contribution < -0.4 is 0 Å². The van der Waals surface area contributed by atoms with Gasteiger partial charge < -0.3 is 9.47 Å². The van der Waals surface area contributed by atoms with Gasteiger partial charge in [0.1, 0.15) is 0 Å². The topological polar surface area (TPSA) is 54.3 Å². The Hall–Kier alpha value is -3.42. The number of hydrogen-bond acceptors (Lipinski definition) is 5. The minimum absolute atomic E-state index is 0.149. The van der Waals surface area contributed by atoms with Crippen molar-refractivity contribution in [3.8, 4) is 11.4 Å². The maximum absolute atomic E-state index is 13.0. The number of benzene rings is 3. The molecule has 0 atom stereocenters. The summed E-state index contributed by atoms with van der Waals surface area (Å²) in [5, 5.41) is 9.44. The number of piperazine rings is 1. The quantitative estimate of drug-likeness (QED) is 0.343. The van der Waals surface area contributed by atoms with E-state index in [9.17, 15) is 4.79 Å². The third-order valence-electron chi connectivity index (χ3n) is 6.73. The van der Waals surface area contributed by atoms with E-state index in [0.717, 1.165) is 42.7 Å². The van der Waals surface area contributed by atoms with Crippen LogP contribution >= 0.6 is 11.8 Å². The molecule has 1 aromatic heterocycles. The van der Waals surface area contributed by atoms with E-state index >= 15 is 0 Å². The second-order valence-electron chi connectivity index (χ2n) is 9.16. The first-order valence-electron chi connectivity index (χ1n) is 12.3. The first-order chi connectivity index (χ1) is 17.6. The molecule has 1 fully saturated rings. The number of aryl methyl sites for hydroxylation is 1. The molecular weight excluding hydrogens is 466 g/mol. The molecule has 0 radical (unpaired) electrons. The van der Waals surface area contributed by atoms with E-state index in [-0.39, 0.29) is 11.9 Å². The lowest BCUT2D eigenvalue weighted by Crippen LogP contribution is -2.50. The molecule has 2 heterocycles. The Kier molecular flexibility index (Phi) is 7.49. The van der Waals surface area contributed by atoms with Crippen LogP contribution in [0.3, 0.4) is 0 Å². The van der Waals surface area contributed by atoms with Crippen LogP contribution in [0.25, 0.3) is 11.4 Å². The fourth-order valence-corrected chi connectivity index (χ4v) is 5.54. The summed E-state index contributed by atoms with van der Waals surface area (Å²) in [6.07, 6.45) is 0. The van der Waals surface area contributed by atoms with E-state index in [1.807, 2.05) is 16.5 Å². The summed E-state index contributed by atoms with van der Waals surface area (Å²) < 4.78 is 1.96. The van der Waals surface area contributed by atoms with E-state index in [1.165, 1.54) is 28.5 Å². The SMILES string of the molecule is Cc1ccc(-c2nnc(SCC(=O)N3CCN(C(c4ccccc4)c4ccccc4)CC3)n2C)cc1. The van der Waals surface area contributed by atoms with Crippen molar-refractivity contribution in [1.29, 1.82) is 0 Å². The summed E-state index contributed by atoms with van der Waals surface area (Å²) in [5.41, 5.74) is 4.80. The number of aromatic nitrogens is 3. The summed E-state index contributed by atoms with van der Waals surface area (Å²) >= 11 is 1.45. The van der Waals surface area contributed by atoms with Crippen LogP contribution in [-0.4, -0.2) is 62.4 Å². The molecule has 0 aliphatic carbocycles. The third kappa shape index (κ3) is 5.37. The van der Waals surface area contributed by atoms with Crippen molar-refractivity contribution in [2.45, 2.75) is 18.1 Å². The van der Waals surface area contributed by atoms with E-state index in [1.54, 1.807) is 0 Å². The number of thioether (sulfide) groups is 1. The van der Waals surface area contributed by atoms with Gasteiger partial charge in [-0.15, -0.1) is 10.2 Å². The van der Waals surface area contributed by atoms with Crippen LogP contribution in [-0.2, 0) is 11.8 Å². The highest BCUT2D eigenvalue weighted by atomic mass is 32.2. The third-order valence-corrected chi connectivity index (χ3v) is 7.74. The summed E-state index contributed by atoms with van der Waals surface area (Å²) in [7, 11) is 1.95. The van der Waals surface area contributed by atoms with Gasteiger partial charge in [0.2, 0.25) is 5.91 Å². The van der Waals surface area contributed by atoms with Crippen LogP contribution in [0.15, 0.2) is 90.1 Å². The molecular formula is C29H31N5OS. The minimum atomic E-state index is 0.149. The van der Waals surface area contributed by atoms with Crippen molar-refractivity contribution in [2.24, 2.45) is 7.05 Å². The number of carbonyl (C=O) groups excluding carboxylic acids is 1. The van der Waals surface area contributed by atoms with Gasteiger partial charge in [-0.3, -0.25) is 9.69 Å². The van der Waals surface area contributed by atoms with E-state index < -0.39 is 0 Å². The maximum Gasteiger partial charge on any atom is 0.233 e. The zero-order valence-corrected chi connectivity index (χ0v) is 21.6. The molecule has 1 amide bonds. The lowest BCUT2D eigenvalue weighted by atomic mass is 9.96. The number of hydrogen-bond donors (Lipinski definition) is 0. The first-order valence-corrected chi connectivity index (χ1v) is 13.3. The molecule has 0 spiro atoms. The number of rotatable bonds is 7. The monoisotopic (exact) mass is 497 g/mol. The lowest BCUT2D eigenvalue weighted by Gasteiger charge is -2.39. The standard InChI is InChI=1S/C29H31N5OS/c1-22-13-15-25(16-14-22)28-30-31-29(32(28)2)36-21-26(35)33-17-19-34(20-18-33)27(23-9-5-3-6-10-23)24-11-7-4-8-12-24/h3-16,27H,17-21H2,1-2H3. The minimum Gasteiger partial charge on any atom is -0.339 e. The van der Waals surface area contributed by atoms with Gasteiger partial charge in [-0.25, -0.2) is 0 Å². The Morgan fingerprint density at radius 2 is 1.42 bits per heavy atom. The van der Waals surface area contributed by atoms with Gasteiger partial charge in [-0.05, 0) is 18.1 Å². The Bertz CT molecular complexity index is 1240. The van der Waals surface area contributed by atoms with Gasteiger partial charge in [0.15, 0.2) is 11.0 Å². The van der Waals surface area contributed by atoms with Crippen molar-refractivity contribution in [1.82, 2.24) is 24.6 Å². The zero-order valence-electron chi connectivity index (χ0n) is 20.7. The summed E-state index contributed by atoms with van der Waals surface area (Å²) in [4.78, 5) is 17.5. The van der Waals surface area contributed by atoms with Crippen LogP contribution in [0, 0.1) is 6.92 Å². The van der Waals surface area contributed by atoms with Gasteiger partial charge >= 0.3 is 0 Å². The number of carbonyl (C=O) groups is 1. The highest BCUT2D eigenvalue weighted by Gasteiger charge is 2.28. The predicted molar refractivity (Wildman–Crippen MR) is 145 cm³/mol. The largest absolute Gasteiger partial charge is 0.339 e. The normalized spacial score (nSPS) is 14.4. The molecule has 6 nitrogen and oxygen atoms in total. The Morgan fingerprint density at radius 1 is 0.833 bits per heavy atom. The first kappa shape index (κ1) is 24.3. The highest BCUT2D eigenvalue weighted by Crippen LogP contribution is 2.30. The predicted octanol–water partition coefficient (Wildman–Crippen LogP) is 4.82. The van der Waals surface area contributed by atoms with Gasteiger partial charge in [-0.1, -0.05) is 102 Å². The van der Waals surface area contributed by atoms with Crippen LogP contribution in [0.2, 0.25) is 0 Å². The van der Waals surface area contributed by atoms with Crippen molar-refractivity contribution in [3.05, 3.63) is 102 Å². The van der Waals surface area contributed by atoms with E-state index in [2.05, 4.69) is 107 Å². The molecule has 0 saturated carbocycles. The summed E-state index contributed by atoms with van der Waals surface area (Å²) in [6, 6.07) is 29.7. The molecule has 1 aliphatic heterocycles. The molecule has 5 rings (SSSR count). The zero-order chi connectivity index (χ0) is 24.9. The Balaban J connectivity index is 1.20. The van der Waals surface area contributed by atoms with Gasteiger partial charge in [0.25, 0.3) is 0 Å². The van der Waals surface area contributed by atoms with Crippen molar-refractivity contribution >= 4 is 17.7 Å². The molecule has 0 bridgehead atoms. The summed E-state index contributed by atoms with van der Waals surface area (Å²) in [5.74, 6) is 1.32.